The van der Waals surface area contributed by atoms with Gasteiger partial charge in [-0.2, -0.15) is 0 Å². The number of nitrogens with one attached hydrogen (secondary N) is 1. The number of amides is 1. The number of hydrogen-bond acceptors (Lipinski definition) is 3. The Morgan fingerprint density at radius 2 is 2.20 bits per heavy atom. The van der Waals surface area contributed by atoms with Crippen LogP contribution in [0.4, 0.5) is 0 Å². The van der Waals surface area contributed by atoms with E-state index in [1.165, 1.54) is 0 Å². The third-order valence-corrected chi connectivity index (χ3v) is 2.87. The van der Waals surface area contributed by atoms with Crippen LogP contribution in [0.3, 0.4) is 0 Å². The Morgan fingerprint density at radius 1 is 1.47 bits per heavy atom. The number of rotatable bonds is 8. The third-order valence-electron chi connectivity index (χ3n) is 2.87. The second-order valence-corrected chi connectivity index (χ2v) is 4.34. The second kappa shape index (κ2) is 6.08. The molecule has 0 heterocycles. The molecule has 1 rings (SSSR count). The molecule has 0 aliphatic heterocycles. The van der Waals surface area contributed by atoms with Gasteiger partial charge in [0.15, 0.2) is 0 Å². The van der Waals surface area contributed by atoms with Crippen LogP contribution < -0.4 is 11.1 Å². The van der Waals surface area contributed by atoms with Crippen molar-refractivity contribution in [3.63, 3.8) is 0 Å². The smallest absolute Gasteiger partial charge is 0.222 e. The van der Waals surface area contributed by atoms with Crippen LogP contribution in [-0.4, -0.2) is 32.2 Å². The SMILES string of the molecule is CCCOCCC(=O)NCC1(CN)CC1. The molecule has 1 aliphatic carbocycles. The lowest BCUT2D eigenvalue weighted by Gasteiger charge is -2.13. The average Bonchev–Trinajstić information content (AvgIpc) is 3.02. The van der Waals surface area contributed by atoms with Gasteiger partial charge in [0.1, 0.15) is 0 Å². The second-order valence-electron chi connectivity index (χ2n) is 4.34. The lowest BCUT2D eigenvalue weighted by Crippen LogP contribution is -2.34. The topological polar surface area (TPSA) is 64.3 Å². The highest BCUT2D eigenvalue weighted by molar-refractivity contribution is 5.76. The Morgan fingerprint density at radius 3 is 2.73 bits per heavy atom. The Hall–Kier alpha value is -0.610. The first kappa shape index (κ1) is 12.5. The summed E-state index contributed by atoms with van der Waals surface area (Å²) < 4.78 is 5.24. The zero-order chi connectivity index (χ0) is 11.1. The van der Waals surface area contributed by atoms with Gasteiger partial charge in [-0.25, -0.2) is 0 Å². The van der Waals surface area contributed by atoms with Crippen LogP contribution >= 0.6 is 0 Å². The van der Waals surface area contributed by atoms with Gasteiger partial charge in [0.2, 0.25) is 5.91 Å². The van der Waals surface area contributed by atoms with Crippen LogP contribution in [0.2, 0.25) is 0 Å². The summed E-state index contributed by atoms with van der Waals surface area (Å²) in [5.74, 6) is 0.0748. The summed E-state index contributed by atoms with van der Waals surface area (Å²) in [6.07, 6.45) is 3.75. The molecule has 0 spiro atoms. The monoisotopic (exact) mass is 214 g/mol. The number of ether oxygens (including phenoxy) is 1. The summed E-state index contributed by atoms with van der Waals surface area (Å²) in [6, 6.07) is 0. The zero-order valence-electron chi connectivity index (χ0n) is 9.55. The molecule has 0 radical (unpaired) electrons. The van der Waals surface area contributed by atoms with Crippen molar-refractivity contribution in [2.75, 3.05) is 26.3 Å². The van der Waals surface area contributed by atoms with Crippen molar-refractivity contribution in [2.45, 2.75) is 32.6 Å². The summed E-state index contributed by atoms with van der Waals surface area (Å²) in [6.45, 7) is 4.73. The van der Waals surface area contributed by atoms with E-state index in [2.05, 4.69) is 12.2 Å². The van der Waals surface area contributed by atoms with E-state index in [0.29, 0.717) is 19.6 Å². The summed E-state index contributed by atoms with van der Waals surface area (Å²) in [5, 5.41) is 2.91. The van der Waals surface area contributed by atoms with E-state index in [-0.39, 0.29) is 11.3 Å². The van der Waals surface area contributed by atoms with Gasteiger partial charge in [0.05, 0.1) is 6.61 Å². The molecule has 3 N–H and O–H groups in total. The van der Waals surface area contributed by atoms with Crippen molar-refractivity contribution in [1.29, 1.82) is 0 Å². The first-order valence-corrected chi connectivity index (χ1v) is 5.77. The summed E-state index contributed by atoms with van der Waals surface area (Å²) in [7, 11) is 0. The van der Waals surface area contributed by atoms with Gasteiger partial charge in [0, 0.05) is 19.6 Å². The molecule has 1 saturated carbocycles. The summed E-state index contributed by atoms with van der Waals surface area (Å²) in [4.78, 5) is 11.4. The molecule has 0 aromatic rings. The van der Waals surface area contributed by atoms with E-state index < -0.39 is 0 Å². The molecule has 0 unspecified atom stereocenters. The average molecular weight is 214 g/mol. The highest BCUT2D eigenvalue weighted by atomic mass is 16.5. The van der Waals surface area contributed by atoms with Crippen LogP contribution in [-0.2, 0) is 9.53 Å². The highest BCUT2D eigenvalue weighted by Gasteiger charge is 2.41. The predicted molar refractivity (Wildman–Crippen MR) is 59.5 cm³/mol. The summed E-state index contributed by atoms with van der Waals surface area (Å²) >= 11 is 0. The quantitative estimate of drug-likeness (QED) is 0.583. The lowest BCUT2D eigenvalue weighted by molar-refractivity contribution is -0.122. The van der Waals surface area contributed by atoms with Gasteiger partial charge in [-0.05, 0) is 31.2 Å². The minimum Gasteiger partial charge on any atom is -0.381 e. The molecule has 15 heavy (non-hydrogen) atoms. The van der Waals surface area contributed by atoms with Crippen LogP contribution in [0.25, 0.3) is 0 Å². The highest BCUT2D eigenvalue weighted by Crippen LogP contribution is 2.43. The normalized spacial score (nSPS) is 17.5. The molecule has 0 aromatic carbocycles. The standard InChI is InChI=1S/C11H22N2O2/c1-2-6-15-7-3-10(14)13-9-11(8-12)4-5-11/h2-9,12H2,1H3,(H,13,14). The molecule has 4 heteroatoms. The van der Waals surface area contributed by atoms with Crippen molar-refractivity contribution < 1.29 is 9.53 Å². The molecule has 88 valence electrons. The van der Waals surface area contributed by atoms with Crippen molar-refractivity contribution >= 4 is 5.91 Å². The number of hydrogen-bond donors (Lipinski definition) is 2. The summed E-state index contributed by atoms with van der Waals surface area (Å²) in [5.41, 5.74) is 5.84. The van der Waals surface area contributed by atoms with E-state index in [1.54, 1.807) is 0 Å². The van der Waals surface area contributed by atoms with E-state index in [4.69, 9.17) is 10.5 Å². The van der Waals surface area contributed by atoms with E-state index in [1.807, 2.05) is 0 Å². The molecule has 0 bridgehead atoms. The van der Waals surface area contributed by atoms with E-state index in [9.17, 15) is 4.79 Å². The van der Waals surface area contributed by atoms with Crippen LogP contribution in [0.5, 0.6) is 0 Å². The van der Waals surface area contributed by atoms with Crippen LogP contribution in [0.15, 0.2) is 0 Å². The maximum Gasteiger partial charge on any atom is 0.222 e. The minimum atomic E-state index is 0.0748. The Bertz CT molecular complexity index is 203. The van der Waals surface area contributed by atoms with Crippen molar-refractivity contribution in [3.8, 4) is 0 Å². The molecule has 0 aromatic heterocycles. The van der Waals surface area contributed by atoms with Crippen LogP contribution in [0, 0.1) is 5.41 Å². The van der Waals surface area contributed by atoms with Crippen molar-refractivity contribution in [1.82, 2.24) is 5.32 Å². The maximum absolute atomic E-state index is 11.4. The maximum atomic E-state index is 11.4. The number of carbonyl (C=O) groups is 1. The fourth-order valence-electron chi connectivity index (χ4n) is 1.42. The largest absolute Gasteiger partial charge is 0.381 e. The van der Waals surface area contributed by atoms with Gasteiger partial charge >= 0.3 is 0 Å². The van der Waals surface area contributed by atoms with Gasteiger partial charge in [-0.15, -0.1) is 0 Å². The molecular weight excluding hydrogens is 192 g/mol. The lowest BCUT2D eigenvalue weighted by atomic mass is 10.1. The van der Waals surface area contributed by atoms with Crippen molar-refractivity contribution in [2.24, 2.45) is 11.1 Å². The molecule has 1 aliphatic rings. The van der Waals surface area contributed by atoms with E-state index >= 15 is 0 Å². The van der Waals surface area contributed by atoms with Gasteiger partial charge in [-0.3, -0.25) is 4.79 Å². The van der Waals surface area contributed by atoms with Gasteiger partial charge in [-0.1, -0.05) is 6.92 Å². The number of carbonyl (C=O) groups excluding carboxylic acids is 1. The minimum absolute atomic E-state index is 0.0748. The fourth-order valence-corrected chi connectivity index (χ4v) is 1.42. The predicted octanol–water partition coefficient (Wildman–Crippen LogP) is 0.658. The Balaban J connectivity index is 1.99. The first-order valence-electron chi connectivity index (χ1n) is 5.77. The zero-order valence-corrected chi connectivity index (χ0v) is 9.55. The molecule has 0 atom stereocenters. The van der Waals surface area contributed by atoms with Gasteiger partial charge < -0.3 is 15.8 Å². The van der Waals surface area contributed by atoms with E-state index in [0.717, 1.165) is 32.4 Å². The molecular formula is C11H22N2O2. The Labute approximate surface area is 91.5 Å². The molecule has 4 nitrogen and oxygen atoms in total. The Kier molecular flexibility index (Phi) is 5.05. The van der Waals surface area contributed by atoms with Crippen LogP contribution in [0.1, 0.15) is 32.6 Å². The molecule has 0 saturated heterocycles. The molecule has 1 amide bonds. The fraction of sp³-hybridized carbons (Fsp3) is 0.909. The number of nitrogens with two attached hydrogens (primary N) is 1. The first-order chi connectivity index (χ1) is 7.22. The van der Waals surface area contributed by atoms with Gasteiger partial charge in [0.25, 0.3) is 0 Å². The molecule has 1 fully saturated rings. The third kappa shape index (κ3) is 4.62. The van der Waals surface area contributed by atoms with Crippen molar-refractivity contribution in [3.05, 3.63) is 0 Å².